The second kappa shape index (κ2) is 6.07. The number of amides is 1. The Morgan fingerprint density at radius 2 is 2.17 bits per heavy atom. The molecule has 0 fully saturated rings. The van der Waals surface area contributed by atoms with Gasteiger partial charge in [-0.1, -0.05) is 6.92 Å². The topological polar surface area (TPSA) is 66.9 Å². The number of aromatic nitrogens is 2. The van der Waals surface area contributed by atoms with Gasteiger partial charge in [-0.25, -0.2) is 9.97 Å². The van der Waals surface area contributed by atoms with Crippen molar-refractivity contribution in [2.75, 3.05) is 11.9 Å². The number of anilines is 1. The second-order valence-electron chi connectivity index (χ2n) is 7.41. The minimum Gasteiger partial charge on any atom is -0.360 e. The summed E-state index contributed by atoms with van der Waals surface area (Å²) in [5.41, 5.74) is 1.15. The molecule has 23 heavy (non-hydrogen) atoms. The highest BCUT2D eigenvalue weighted by Crippen LogP contribution is 2.39. The molecule has 1 unspecified atom stereocenters. The van der Waals surface area contributed by atoms with Crippen molar-refractivity contribution < 1.29 is 4.79 Å². The molecule has 2 heterocycles. The van der Waals surface area contributed by atoms with Gasteiger partial charge in [-0.15, -0.1) is 11.3 Å². The van der Waals surface area contributed by atoms with Crippen LogP contribution in [0, 0.1) is 5.92 Å². The van der Waals surface area contributed by atoms with E-state index in [-0.39, 0.29) is 18.0 Å². The Kier molecular flexibility index (Phi) is 4.27. The number of nitrogens with one attached hydrogen (secondary N) is 2. The zero-order valence-corrected chi connectivity index (χ0v) is 15.0. The summed E-state index contributed by atoms with van der Waals surface area (Å²) in [7, 11) is 0. The predicted octanol–water partition coefficient (Wildman–Crippen LogP) is 3.14. The molecule has 5 nitrogen and oxygen atoms in total. The van der Waals surface area contributed by atoms with Crippen LogP contribution in [-0.2, 0) is 17.6 Å². The van der Waals surface area contributed by atoms with Crippen molar-refractivity contribution in [2.24, 2.45) is 5.92 Å². The molecule has 1 aliphatic rings. The molecule has 6 heteroatoms. The lowest BCUT2D eigenvalue weighted by molar-refractivity contribution is -0.120. The molecule has 0 saturated heterocycles. The lowest BCUT2D eigenvalue weighted by Crippen LogP contribution is -2.43. The van der Waals surface area contributed by atoms with Crippen molar-refractivity contribution in [1.82, 2.24) is 15.3 Å². The summed E-state index contributed by atoms with van der Waals surface area (Å²) in [5, 5.41) is 7.27. The summed E-state index contributed by atoms with van der Waals surface area (Å²) in [6.45, 7) is 8.46. The zero-order chi connectivity index (χ0) is 16.6. The molecular formula is C17H24N4OS. The first kappa shape index (κ1) is 16.2. The average Bonchev–Trinajstić information content (AvgIpc) is 2.81. The van der Waals surface area contributed by atoms with Gasteiger partial charge in [0.15, 0.2) is 0 Å². The van der Waals surface area contributed by atoms with Crippen LogP contribution < -0.4 is 10.6 Å². The first-order valence-corrected chi connectivity index (χ1v) is 8.95. The molecule has 1 amide bonds. The summed E-state index contributed by atoms with van der Waals surface area (Å²) >= 11 is 1.77. The molecule has 0 aliphatic heterocycles. The fourth-order valence-corrected chi connectivity index (χ4v) is 4.39. The third kappa shape index (κ3) is 3.63. The smallest absolute Gasteiger partial charge is 0.239 e. The van der Waals surface area contributed by atoms with Gasteiger partial charge in [-0.2, -0.15) is 0 Å². The number of fused-ring (bicyclic) bond motifs is 3. The van der Waals surface area contributed by atoms with Gasteiger partial charge in [0, 0.05) is 10.4 Å². The standard InChI is InChI=1S/C17H24N4OS/c1-10-5-6-11-12(7-10)23-16-14(11)15(19-9-20-16)18-8-13(22)21-17(2,3)4/h9-10H,5-8H2,1-4H3,(H,21,22)(H,18,19,20). The Morgan fingerprint density at radius 3 is 2.91 bits per heavy atom. The molecule has 0 radical (unpaired) electrons. The van der Waals surface area contributed by atoms with Gasteiger partial charge in [0.2, 0.25) is 5.91 Å². The van der Waals surface area contributed by atoms with Crippen LogP contribution >= 0.6 is 11.3 Å². The lowest BCUT2D eigenvalue weighted by Gasteiger charge is -2.21. The predicted molar refractivity (Wildman–Crippen MR) is 95.0 cm³/mol. The van der Waals surface area contributed by atoms with Crippen molar-refractivity contribution in [3.63, 3.8) is 0 Å². The molecule has 2 aromatic heterocycles. The van der Waals surface area contributed by atoms with E-state index in [4.69, 9.17) is 0 Å². The van der Waals surface area contributed by atoms with Gasteiger partial charge in [-0.05, 0) is 51.5 Å². The summed E-state index contributed by atoms with van der Waals surface area (Å²) < 4.78 is 0. The average molecular weight is 332 g/mol. The Balaban J connectivity index is 1.83. The van der Waals surface area contributed by atoms with E-state index >= 15 is 0 Å². The fourth-order valence-electron chi connectivity index (χ4n) is 3.04. The molecule has 1 aliphatic carbocycles. The highest BCUT2D eigenvalue weighted by Gasteiger charge is 2.23. The highest BCUT2D eigenvalue weighted by atomic mass is 32.1. The molecule has 2 aromatic rings. The number of carbonyl (C=O) groups is 1. The van der Waals surface area contributed by atoms with Crippen molar-refractivity contribution in [3.05, 3.63) is 16.8 Å². The van der Waals surface area contributed by atoms with Gasteiger partial charge in [0.1, 0.15) is 17.0 Å². The van der Waals surface area contributed by atoms with Crippen LogP contribution in [0.3, 0.4) is 0 Å². The first-order chi connectivity index (χ1) is 10.8. The number of aryl methyl sites for hydroxylation is 1. The third-order valence-electron chi connectivity index (χ3n) is 4.02. The van der Waals surface area contributed by atoms with Crippen LogP contribution in [0.15, 0.2) is 6.33 Å². The fraction of sp³-hybridized carbons (Fsp3) is 0.588. The number of hydrogen-bond acceptors (Lipinski definition) is 5. The van der Waals surface area contributed by atoms with Gasteiger partial charge < -0.3 is 10.6 Å². The van der Waals surface area contributed by atoms with E-state index in [1.807, 2.05) is 20.8 Å². The minimum atomic E-state index is -0.225. The normalized spacial score (nSPS) is 17.8. The monoisotopic (exact) mass is 332 g/mol. The summed E-state index contributed by atoms with van der Waals surface area (Å²) in [6, 6.07) is 0. The third-order valence-corrected chi connectivity index (χ3v) is 5.18. The molecule has 1 atom stereocenters. The molecule has 3 rings (SSSR count). The Morgan fingerprint density at radius 1 is 1.39 bits per heavy atom. The summed E-state index contributed by atoms with van der Waals surface area (Å²) in [6.07, 6.45) is 4.99. The molecule has 0 saturated carbocycles. The van der Waals surface area contributed by atoms with Crippen molar-refractivity contribution in [1.29, 1.82) is 0 Å². The SMILES string of the molecule is CC1CCc2c(sc3ncnc(NCC(=O)NC(C)(C)C)c23)C1. The van der Waals surface area contributed by atoms with Crippen LogP contribution in [0.25, 0.3) is 10.2 Å². The number of rotatable bonds is 3. The summed E-state index contributed by atoms with van der Waals surface area (Å²) in [5.74, 6) is 1.49. The number of carbonyl (C=O) groups excluding carboxylic acids is 1. The van der Waals surface area contributed by atoms with E-state index in [2.05, 4.69) is 27.5 Å². The molecule has 0 aromatic carbocycles. The van der Waals surface area contributed by atoms with E-state index in [0.29, 0.717) is 0 Å². The Hall–Kier alpha value is -1.69. The minimum absolute atomic E-state index is 0.0259. The van der Waals surface area contributed by atoms with E-state index in [9.17, 15) is 4.79 Å². The van der Waals surface area contributed by atoms with Gasteiger partial charge in [-0.3, -0.25) is 4.79 Å². The first-order valence-electron chi connectivity index (χ1n) is 8.13. The maximum Gasteiger partial charge on any atom is 0.239 e. The van der Waals surface area contributed by atoms with Crippen LogP contribution in [-0.4, -0.2) is 28.0 Å². The number of hydrogen-bond donors (Lipinski definition) is 2. The van der Waals surface area contributed by atoms with Gasteiger partial charge in [0.25, 0.3) is 0 Å². The Bertz CT molecular complexity index is 732. The lowest BCUT2D eigenvalue weighted by atomic mass is 9.89. The molecular weight excluding hydrogens is 308 g/mol. The van der Waals surface area contributed by atoms with Crippen LogP contribution in [0.2, 0.25) is 0 Å². The van der Waals surface area contributed by atoms with Crippen LogP contribution in [0.5, 0.6) is 0 Å². The van der Waals surface area contributed by atoms with Crippen molar-refractivity contribution >= 4 is 33.3 Å². The maximum absolute atomic E-state index is 12.0. The molecule has 0 bridgehead atoms. The highest BCUT2D eigenvalue weighted by molar-refractivity contribution is 7.19. The Labute approximate surface area is 140 Å². The van der Waals surface area contributed by atoms with Crippen molar-refractivity contribution in [2.45, 2.75) is 52.5 Å². The van der Waals surface area contributed by atoms with Gasteiger partial charge >= 0.3 is 0 Å². The van der Waals surface area contributed by atoms with Gasteiger partial charge in [0.05, 0.1) is 11.9 Å². The zero-order valence-electron chi connectivity index (χ0n) is 14.2. The number of nitrogens with zero attached hydrogens (tertiary/aromatic N) is 2. The largest absolute Gasteiger partial charge is 0.360 e. The molecule has 124 valence electrons. The van der Waals surface area contributed by atoms with Crippen LogP contribution in [0.1, 0.15) is 44.6 Å². The second-order valence-corrected chi connectivity index (χ2v) is 8.49. The van der Waals surface area contributed by atoms with E-state index in [1.54, 1.807) is 17.7 Å². The van der Waals surface area contributed by atoms with E-state index < -0.39 is 0 Å². The quantitative estimate of drug-likeness (QED) is 0.906. The van der Waals surface area contributed by atoms with Crippen molar-refractivity contribution in [3.8, 4) is 0 Å². The summed E-state index contributed by atoms with van der Waals surface area (Å²) in [4.78, 5) is 23.3. The van der Waals surface area contributed by atoms with Crippen LogP contribution in [0.4, 0.5) is 5.82 Å². The van der Waals surface area contributed by atoms with E-state index in [0.717, 1.165) is 34.8 Å². The number of thiophene rings is 1. The molecule has 0 spiro atoms. The molecule has 2 N–H and O–H groups in total. The van der Waals surface area contributed by atoms with E-state index in [1.165, 1.54) is 16.9 Å². The maximum atomic E-state index is 12.0.